The van der Waals surface area contributed by atoms with E-state index in [0.29, 0.717) is 11.4 Å². The van der Waals surface area contributed by atoms with Crippen LogP contribution in [0.2, 0.25) is 0 Å². The van der Waals surface area contributed by atoms with Crippen LogP contribution in [0, 0.1) is 17.5 Å². The Labute approximate surface area is 124 Å². The predicted molar refractivity (Wildman–Crippen MR) is 76.4 cm³/mol. The van der Waals surface area contributed by atoms with Crippen LogP contribution in [0.15, 0.2) is 36.4 Å². The van der Waals surface area contributed by atoms with Crippen LogP contribution < -0.4 is 15.4 Å². The number of hydrogen-bond donors (Lipinski definition) is 2. The Hall–Kier alpha value is -2.70. The molecule has 4 nitrogen and oxygen atoms in total. The van der Waals surface area contributed by atoms with E-state index in [1.54, 1.807) is 24.3 Å². The molecule has 2 rings (SSSR count). The molecule has 1 amide bonds. The number of rotatable bonds is 5. The van der Waals surface area contributed by atoms with E-state index in [1.165, 1.54) is 7.11 Å². The molecule has 7 heteroatoms. The average Bonchev–Trinajstić information content (AvgIpc) is 2.54. The van der Waals surface area contributed by atoms with Crippen molar-refractivity contribution in [3.8, 4) is 5.75 Å². The minimum Gasteiger partial charge on any atom is -0.497 e. The van der Waals surface area contributed by atoms with Crippen LogP contribution in [0.1, 0.15) is 0 Å². The third kappa shape index (κ3) is 3.69. The van der Waals surface area contributed by atoms with Crippen molar-refractivity contribution >= 4 is 17.3 Å². The minimum absolute atomic E-state index is 0.175. The molecule has 0 aliphatic carbocycles. The van der Waals surface area contributed by atoms with Gasteiger partial charge in [-0.1, -0.05) is 6.07 Å². The van der Waals surface area contributed by atoms with E-state index >= 15 is 0 Å². The van der Waals surface area contributed by atoms with E-state index in [2.05, 4.69) is 10.6 Å². The van der Waals surface area contributed by atoms with Gasteiger partial charge in [0.25, 0.3) is 0 Å². The summed E-state index contributed by atoms with van der Waals surface area (Å²) in [7, 11) is 1.51. The topological polar surface area (TPSA) is 50.4 Å². The Bertz CT molecular complexity index is 692. The van der Waals surface area contributed by atoms with Crippen molar-refractivity contribution in [2.24, 2.45) is 0 Å². The highest BCUT2D eigenvalue weighted by atomic mass is 19.2. The average molecular weight is 310 g/mol. The maximum atomic E-state index is 13.4. The van der Waals surface area contributed by atoms with E-state index < -0.39 is 29.0 Å². The Morgan fingerprint density at radius 2 is 1.91 bits per heavy atom. The molecular formula is C15H13F3N2O2. The summed E-state index contributed by atoms with van der Waals surface area (Å²) < 4.78 is 44.3. The van der Waals surface area contributed by atoms with Crippen molar-refractivity contribution in [1.29, 1.82) is 0 Å². The second-order valence-corrected chi connectivity index (χ2v) is 4.36. The van der Waals surface area contributed by atoms with Crippen LogP contribution in [0.3, 0.4) is 0 Å². The van der Waals surface area contributed by atoms with E-state index in [1.807, 2.05) is 0 Å². The number of carbonyl (C=O) groups excluding carboxylic acids is 1. The van der Waals surface area contributed by atoms with E-state index in [9.17, 15) is 18.0 Å². The number of benzene rings is 2. The molecule has 0 spiro atoms. The summed E-state index contributed by atoms with van der Waals surface area (Å²) in [6.07, 6.45) is 0. The van der Waals surface area contributed by atoms with E-state index in [4.69, 9.17) is 4.74 Å². The standard InChI is InChI=1S/C15H13F3N2O2/c1-22-10-4-2-3-9(7-10)19-8-13(21)20-12-6-5-11(16)14(17)15(12)18/h2-7,19H,8H2,1H3,(H,20,21). The molecule has 0 saturated carbocycles. The smallest absolute Gasteiger partial charge is 0.243 e. The molecule has 0 heterocycles. The third-order valence-corrected chi connectivity index (χ3v) is 2.83. The molecule has 2 N–H and O–H groups in total. The van der Waals surface area contributed by atoms with Crippen LogP contribution in [0.4, 0.5) is 24.5 Å². The SMILES string of the molecule is COc1cccc(NCC(=O)Nc2ccc(F)c(F)c2F)c1. The van der Waals surface area contributed by atoms with Crippen molar-refractivity contribution in [2.45, 2.75) is 0 Å². The van der Waals surface area contributed by atoms with Crippen LogP contribution in [0.25, 0.3) is 0 Å². The molecule has 0 saturated heterocycles. The number of halogens is 3. The Kier molecular flexibility index (Phi) is 4.88. The Morgan fingerprint density at radius 1 is 1.14 bits per heavy atom. The van der Waals surface area contributed by atoms with Gasteiger partial charge < -0.3 is 15.4 Å². The van der Waals surface area contributed by atoms with Gasteiger partial charge >= 0.3 is 0 Å². The molecule has 0 unspecified atom stereocenters. The summed E-state index contributed by atoms with van der Waals surface area (Å²) in [4.78, 5) is 11.7. The fraction of sp³-hybridized carbons (Fsp3) is 0.133. The number of hydrogen-bond acceptors (Lipinski definition) is 3. The number of ether oxygens (including phenoxy) is 1. The molecular weight excluding hydrogens is 297 g/mol. The second kappa shape index (κ2) is 6.84. The first-order chi connectivity index (χ1) is 10.5. The van der Waals surface area contributed by atoms with Crippen molar-refractivity contribution in [3.05, 3.63) is 53.8 Å². The molecule has 2 aromatic carbocycles. The van der Waals surface area contributed by atoms with Gasteiger partial charge in [-0.05, 0) is 24.3 Å². The van der Waals surface area contributed by atoms with Crippen LogP contribution in [0.5, 0.6) is 5.75 Å². The fourth-order valence-corrected chi connectivity index (χ4v) is 1.73. The van der Waals surface area contributed by atoms with Gasteiger partial charge in [-0.15, -0.1) is 0 Å². The zero-order chi connectivity index (χ0) is 16.1. The molecule has 0 bridgehead atoms. The van der Waals surface area contributed by atoms with Crippen molar-refractivity contribution in [3.63, 3.8) is 0 Å². The van der Waals surface area contributed by atoms with Crippen LogP contribution >= 0.6 is 0 Å². The first kappa shape index (κ1) is 15.7. The highest BCUT2D eigenvalue weighted by Gasteiger charge is 2.15. The van der Waals surface area contributed by atoms with E-state index in [-0.39, 0.29) is 6.54 Å². The van der Waals surface area contributed by atoms with Gasteiger partial charge in [-0.25, -0.2) is 13.2 Å². The third-order valence-electron chi connectivity index (χ3n) is 2.83. The molecule has 0 atom stereocenters. The van der Waals surface area contributed by atoms with Crippen LogP contribution in [-0.2, 0) is 4.79 Å². The maximum absolute atomic E-state index is 13.4. The molecule has 0 radical (unpaired) electrons. The molecule has 0 aromatic heterocycles. The highest BCUT2D eigenvalue weighted by molar-refractivity contribution is 5.93. The molecule has 0 fully saturated rings. The lowest BCUT2D eigenvalue weighted by Gasteiger charge is -2.10. The number of anilines is 2. The number of carbonyl (C=O) groups is 1. The number of nitrogens with one attached hydrogen (secondary N) is 2. The molecule has 0 aliphatic rings. The first-order valence-electron chi connectivity index (χ1n) is 6.32. The summed E-state index contributed by atoms with van der Waals surface area (Å²) >= 11 is 0. The normalized spacial score (nSPS) is 10.2. The molecule has 22 heavy (non-hydrogen) atoms. The maximum Gasteiger partial charge on any atom is 0.243 e. The minimum atomic E-state index is -1.63. The highest BCUT2D eigenvalue weighted by Crippen LogP contribution is 2.20. The Balaban J connectivity index is 1.97. The van der Waals surface area contributed by atoms with Crippen molar-refractivity contribution in [2.75, 3.05) is 24.3 Å². The summed E-state index contributed by atoms with van der Waals surface area (Å²) in [6, 6.07) is 8.55. The summed E-state index contributed by atoms with van der Waals surface area (Å²) in [6.45, 7) is -0.175. The van der Waals surface area contributed by atoms with Crippen molar-refractivity contribution in [1.82, 2.24) is 0 Å². The fourth-order valence-electron chi connectivity index (χ4n) is 1.73. The molecule has 2 aromatic rings. The molecule has 0 aliphatic heterocycles. The molecule has 116 valence electrons. The van der Waals surface area contributed by atoms with Gasteiger partial charge in [0.1, 0.15) is 5.75 Å². The van der Waals surface area contributed by atoms with Gasteiger partial charge in [0, 0.05) is 11.8 Å². The number of amides is 1. The second-order valence-electron chi connectivity index (χ2n) is 4.36. The largest absolute Gasteiger partial charge is 0.497 e. The van der Waals surface area contributed by atoms with Gasteiger partial charge in [0.15, 0.2) is 17.5 Å². The number of methoxy groups -OCH3 is 1. The lowest BCUT2D eigenvalue weighted by Crippen LogP contribution is -2.22. The predicted octanol–water partition coefficient (Wildman–Crippen LogP) is 3.16. The lowest BCUT2D eigenvalue weighted by atomic mass is 10.2. The Morgan fingerprint density at radius 3 is 2.64 bits per heavy atom. The zero-order valence-corrected chi connectivity index (χ0v) is 11.6. The first-order valence-corrected chi connectivity index (χ1v) is 6.32. The summed E-state index contributed by atoms with van der Waals surface area (Å²) in [5, 5.41) is 4.97. The van der Waals surface area contributed by atoms with Gasteiger partial charge in [-0.2, -0.15) is 0 Å². The monoisotopic (exact) mass is 310 g/mol. The lowest BCUT2D eigenvalue weighted by molar-refractivity contribution is -0.114. The van der Waals surface area contributed by atoms with Gasteiger partial charge in [0.05, 0.1) is 19.3 Å². The zero-order valence-electron chi connectivity index (χ0n) is 11.6. The van der Waals surface area contributed by atoms with Gasteiger partial charge in [0.2, 0.25) is 5.91 Å². The van der Waals surface area contributed by atoms with Crippen molar-refractivity contribution < 1.29 is 22.7 Å². The van der Waals surface area contributed by atoms with Gasteiger partial charge in [-0.3, -0.25) is 4.79 Å². The summed E-state index contributed by atoms with van der Waals surface area (Å²) in [5.41, 5.74) is 0.205. The van der Waals surface area contributed by atoms with E-state index in [0.717, 1.165) is 12.1 Å². The van der Waals surface area contributed by atoms with Crippen LogP contribution in [-0.4, -0.2) is 19.6 Å². The summed E-state index contributed by atoms with van der Waals surface area (Å²) in [5.74, 6) is -4.37. The quantitative estimate of drug-likeness (QED) is 0.834.